The number of nitrogens with one attached hydrogen (secondary N) is 1. The normalized spacial score (nSPS) is 11.8. The van der Waals surface area contributed by atoms with Crippen molar-refractivity contribution >= 4 is 21.8 Å². The van der Waals surface area contributed by atoms with Gasteiger partial charge in [-0.15, -0.1) is 0 Å². The molecule has 0 saturated heterocycles. The van der Waals surface area contributed by atoms with Crippen molar-refractivity contribution in [3.8, 4) is 16.8 Å². The minimum atomic E-state index is -0.161. The van der Waals surface area contributed by atoms with Crippen molar-refractivity contribution in [3.63, 3.8) is 0 Å². The predicted octanol–water partition coefficient (Wildman–Crippen LogP) is 6.10. The first-order valence-corrected chi connectivity index (χ1v) is 10.6. The van der Waals surface area contributed by atoms with Crippen LogP contribution in [0.3, 0.4) is 0 Å². The van der Waals surface area contributed by atoms with Crippen LogP contribution >= 0.6 is 15.9 Å². The van der Waals surface area contributed by atoms with Crippen LogP contribution in [0.15, 0.2) is 89.8 Å². The Balaban J connectivity index is 1.55. The number of amides is 1. The van der Waals surface area contributed by atoms with Gasteiger partial charge in [0.2, 0.25) is 0 Å². The van der Waals surface area contributed by atoms with Gasteiger partial charge in [-0.1, -0.05) is 64.5 Å². The topological polar surface area (TPSA) is 46.9 Å². The molecule has 30 heavy (non-hydrogen) atoms. The Morgan fingerprint density at radius 1 is 1.00 bits per heavy atom. The van der Waals surface area contributed by atoms with E-state index in [1.807, 2.05) is 60.0 Å². The molecule has 4 rings (SSSR count). The fourth-order valence-electron chi connectivity index (χ4n) is 3.47. The molecule has 1 atom stereocenters. The summed E-state index contributed by atoms with van der Waals surface area (Å²) < 4.78 is 2.82. The Bertz CT molecular complexity index is 1160. The first kappa shape index (κ1) is 20.1. The van der Waals surface area contributed by atoms with Crippen LogP contribution < -0.4 is 5.32 Å². The molecule has 5 heteroatoms. The zero-order valence-electron chi connectivity index (χ0n) is 16.8. The highest BCUT2D eigenvalue weighted by Crippen LogP contribution is 2.25. The second-order valence-electron chi connectivity index (χ2n) is 7.26. The molecule has 0 fully saturated rings. The maximum atomic E-state index is 12.9. The zero-order valence-corrected chi connectivity index (χ0v) is 18.4. The molecule has 3 aromatic carbocycles. The predicted molar refractivity (Wildman–Crippen MR) is 124 cm³/mol. The van der Waals surface area contributed by atoms with E-state index >= 15 is 0 Å². The van der Waals surface area contributed by atoms with Crippen LogP contribution in [0.1, 0.15) is 34.6 Å². The number of imidazole rings is 1. The highest BCUT2D eigenvalue weighted by molar-refractivity contribution is 9.10. The molecule has 1 amide bonds. The molecule has 4 aromatic rings. The lowest BCUT2D eigenvalue weighted by Crippen LogP contribution is -2.28. The van der Waals surface area contributed by atoms with E-state index in [-0.39, 0.29) is 11.9 Å². The SMILES string of the molecule is Cc1ccccc1-c1ccc(-n2cncc2C(=O)N[C@@H](C)c2ccc(Br)cc2)cc1. The summed E-state index contributed by atoms with van der Waals surface area (Å²) in [6.07, 6.45) is 3.26. The Morgan fingerprint density at radius 2 is 1.70 bits per heavy atom. The van der Waals surface area contributed by atoms with Gasteiger partial charge in [-0.2, -0.15) is 0 Å². The van der Waals surface area contributed by atoms with E-state index in [1.54, 1.807) is 12.5 Å². The Kier molecular flexibility index (Phi) is 5.81. The van der Waals surface area contributed by atoms with Gasteiger partial charge in [-0.25, -0.2) is 4.98 Å². The molecular weight excluding hydrogens is 438 g/mol. The summed E-state index contributed by atoms with van der Waals surface area (Å²) in [7, 11) is 0. The largest absolute Gasteiger partial charge is 0.344 e. The van der Waals surface area contributed by atoms with Crippen molar-refractivity contribution in [2.24, 2.45) is 0 Å². The highest BCUT2D eigenvalue weighted by Gasteiger charge is 2.16. The molecule has 0 aliphatic rings. The number of carbonyl (C=O) groups is 1. The van der Waals surface area contributed by atoms with E-state index in [2.05, 4.69) is 57.4 Å². The molecule has 0 saturated carbocycles. The number of carbonyl (C=O) groups excluding carboxylic acids is 1. The highest BCUT2D eigenvalue weighted by atomic mass is 79.9. The number of rotatable bonds is 5. The lowest BCUT2D eigenvalue weighted by atomic mass is 10.0. The van der Waals surface area contributed by atoms with Crippen LogP contribution in [0, 0.1) is 6.92 Å². The number of aromatic nitrogens is 2. The zero-order chi connectivity index (χ0) is 21.1. The minimum absolute atomic E-state index is 0.114. The maximum Gasteiger partial charge on any atom is 0.270 e. The smallest absolute Gasteiger partial charge is 0.270 e. The average Bonchev–Trinajstić information content (AvgIpc) is 3.25. The fourth-order valence-corrected chi connectivity index (χ4v) is 3.74. The first-order valence-electron chi connectivity index (χ1n) is 9.78. The summed E-state index contributed by atoms with van der Waals surface area (Å²) in [5.41, 5.74) is 6.02. The molecule has 0 radical (unpaired) electrons. The van der Waals surface area contributed by atoms with Gasteiger partial charge in [0.15, 0.2) is 0 Å². The molecular formula is C25H22BrN3O. The summed E-state index contributed by atoms with van der Waals surface area (Å²) in [6.45, 7) is 4.08. The van der Waals surface area contributed by atoms with Crippen LogP contribution in [-0.4, -0.2) is 15.5 Å². The van der Waals surface area contributed by atoms with Crippen LogP contribution in [-0.2, 0) is 0 Å². The van der Waals surface area contributed by atoms with Crippen LogP contribution in [0.2, 0.25) is 0 Å². The third-order valence-corrected chi connectivity index (χ3v) is 5.72. The summed E-state index contributed by atoms with van der Waals surface area (Å²) in [4.78, 5) is 17.1. The van der Waals surface area contributed by atoms with Gasteiger partial charge in [0.05, 0.1) is 18.6 Å². The number of hydrogen-bond donors (Lipinski definition) is 1. The molecule has 150 valence electrons. The summed E-state index contributed by atoms with van der Waals surface area (Å²) in [6, 6.07) is 24.3. The van der Waals surface area contributed by atoms with Gasteiger partial charge < -0.3 is 5.32 Å². The number of benzene rings is 3. The maximum absolute atomic E-state index is 12.9. The minimum Gasteiger partial charge on any atom is -0.344 e. The van der Waals surface area contributed by atoms with Gasteiger partial charge in [0.1, 0.15) is 5.69 Å². The van der Waals surface area contributed by atoms with Crippen molar-refractivity contribution < 1.29 is 4.79 Å². The molecule has 1 N–H and O–H groups in total. The number of nitrogens with zero attached hydrogens (tertiary/aromatic N) is 2. The fraction of sp³-hybridized carbons (Fsp3) is 0.120. The monoisotopic (exact) mass is 459 g/mol. The average molecular weight is 460 g/mol. The van der Waals surface area contributed by atoms with Gasteiger partial charge in [-0.05, 0) is 60.4 Å². The van der Waals surface area contributed by atoms with Crippen LogP contribution in [0.5, 0.6) is 0 Å². The van der Waals surface area contributed by atoms with Gasteiger partial charge >= 0.3 is 0 Å². The molecule has 0 aliphatic carbocycles. The number of hydrogen-bond acceptors (Lipinski definition) is 2. The van der Waals surface area contributed by atoms with Crippen molar-refractivity contribution in [2.75, 3.05) is 0 Å². The Hall–Kier alpha value is -3.18. The Morgan fingerprint density at radius 3 is 2.40 bits per heavy atom. The summed E-state index contributed by atoms with van der Waals surface area (Å²) >= 11 is 3.44. The molecule has 1 heterocycles. The summed E-state index contributed by atoms with van der Waals surface area (Å²) in [5, 5.41) is 3.06. The third kappa shape index (κ3) is 4.21. The van der Waals surface area contributed by atoms with Gasteiger partial charge in [0, 0.05) is 10.2 Å². The second kappa shape index (κ2) is 8.67. The number of halogens is 1. The van der Waals surface area contributed by atoms with E-state index in [1.165, 1.54) is 11.1 Å². The number of aryl methyl sites for hydroxylation is 1. The molecule has 1 aromatic heterocycles. The van der Waals surface area contributed by atoms with Crippen LogP contribution in [0.25, 0.3) is 16.8 Å². The lowest BCUT2D eigenvalue weighted by molar-refractivity contribution is 0.0933. The third-order valence-electron chi connectivity index (χ3n) is 5.19. The first-order chi connectivity index (χ1) is 14.5. The summed E-state index contributed by atoms with van der Waals surface area (Å²) in [5.74, 6) is -0.161. The van der Waals surface area contributed by atoms with Crippen molar-refractivity contribution in [2.45, 2.75) is 19.9 Å². The molecule has 0 spiro atoms. The van der Waals surface area contributed by atoms with E-state index in [9.17, 15) is 4.79 Å². The van der Waals surface area contributed by atoms with E-state index in [0.717, 1.165) is 21.3 Å². The second-order valence-corrected chi connectivity index (χ2v) is 8.17. The van der Waals surface area contributed by atoms with E-state index in [4.69, 9.17) is 0 Å². The molecule has 0 unspecified atom stereocenters. The quantitative estimate of drug-likeness (QED) is 0.391. The lowest BCUT2D eigenvalue weighted by Gasteiger charge is -2.15. The van der Waals surface area contributed by atoms with Crippen LogP contribution in [0.4, 0.5) is 0 Å². The van der Waals surface area contributed by atoms with Crippen molar-refractivity contribution in [3.05, 3.63) is 107 Å². The standard InChI is InChI=1S/C25H22BrN3O/c1-17-5-3-4-6-23(17)20-9-13-22(14-10-20)29-16-27-15-24(29)25(30)28-18(2)19-7-11-21(26)12-8-19/h3-16,18H,1-2H3,(H,28,30)/t18-/m0/s1. The molecule has 4 nitrogen and oxygen atoms in total. The van der Waals surface area contributed by atoms with Gasteiger partial charge in [-0.3, -0.25) is 9.36 Å². The van der Waals surface area contributed by atoms with Crippen molar-refractivity contribution in [1.82, 2.24) is 14.9 Å². The molecule has 0 aliphatic heterocycles. The van der Waals surface area contributed by atoms with Gasteiger partial charge in [0.25, 0.3) is 5.91 Å². The van der Waals surface area contributed by atoms with Crippen molar-refractivity contribution in [1.29, 1.82) is 0 Å². The van der Waals surface area contributed by atoms with E-state index in [0.29, 0.717) is 5.69 Å². The molecule has 0 bridgehead atoms. The Labute approximate surface area is 184 Å². The van der Waals surface area contributed by atoms with E-state index < -0.39 is 0 Å².